The van der Waals surface area contributed by atoms with Crippen LogP contribution in [-0.2, 0) is 17.6 Å². The second-order valence-corrected chi connectivity index (χ2v) is 5.74. The largest absolute Gasteiger partial charge is 0.299 e. The predicted molar refractivity (Wildman–Crippen MR) is 73.2 cm³/mol. The second kappa shape index (κ2) is 6.00. The van der Waals surface area contributed by atoms with Crippen LogP contribution in [0.3, 0.4) is 0 Å². The molecule has 94 valence electrons. The van der Waals surface area contributed by atoms with Crippen LogP contribution in [0.2, 0.25) is 0 Å². The summed E-state index contributed by atoms with van der Waals surface area (Å²) >= 11 is 0. The Bertz CT molecular complexity index is 354. The van der Waals surface area contributed by atoms with Crippen molar-refractivity contribution in [2.45, 2.75) is 53.4 Å². The van der Waals surface area contributed by atoms with Crippen LogP contribution < -0.4 is 0 Å². The maximum atomic E-state index is 11.8. The SMILES string of the molecule is CCCc1ccc(CCC(=O)C(C)(C)C)cc1. The van der Waals surface area contributed by atoms with Gasteiger partial charge in [0, 0.05) is 11.8 Å². The molecular weight excluding hydrogens is 208 g/mol. The van der Waals surface area contributed by atoms with E-state index in [0.29, 0.717) is 12.2 Å². The first-order chi connectivity index (χ1) is 7.93. The summed E-state index contributed by atoms with van der Waals surface area (Å²) < 4.78 is 0. The number of aryl methyl sites for hydroxylation is 2. The molecule has 0 aliphatic heterocycles. The number of rotatable bonds is 5. The topological polar surface area (TPSA) is 17.1 Å². The molecule has 1 rings (SSSR count). The molecule has 0 aliphatic carbocycles. The Balaban J connectivity index is 2.50. The zero-order chi connectivity index (χ0) is 12.9. The predicted octanol–water partition coefficient (Wildman–Crippen LogP) is 4.19. The second-order valence-electron chi connectivity index (χ2n) is 5.74. The van der Waals surface area contributed by atoms with Gasteiger partial charge in [0.15, 0.2) is 0 Å². The van der Waals surface area contributed by atoms with Crippen molar-refractivity contribution >= 4 is 5.78 Å². The third-order valence-electron chi connectivity index (χ3n) is 3.04. The first-order valence-electron chi connectivity index (χ1n) is 6.54. The lowest BCUT2D eigenvalue weighted by molar-refractivity contribution is -0.126. The Labute approximate surface area is 105 Å². The molecule has 0 aliphatic rings. The Morgan fingerprint density at radius 3 is 1.88 bits per heavy atom. The molecule has 1 aromatic carbocycles. The number of hydrogen-bond donors (Lipinski definition) is 0. The molecule has 0 aromatic heterocycles. The molecule has 0 saturated heterocycles. The van der Waals surface area contributed by atoms with Gasteiger partial charge in [0.25, 0.3) is 0 Å². The standard InChI is InChI=1S/C16H24O/c1-5-6-13-7-9-14(10-8-13)11-12-15(17)16(2,3)4/h7-10H,5-6,11-12H2,1-4H3. The summed E-state index contributed by atoms with van der Waals surface area (Å²) in [5, 5.41) is 0. The Kier molecular flexibility index (Phi) is 4.92. The van der Waals surface area contributed by atoms with Gasteiger partial charge in [-0.1, -0.05) is 58.4 Å². The minimum Gasteiger partial charge on any atom is -0.299 e. The highest BCUT2D eigenvalue weighted by molar-refractivity contribution is 5.83. The van der Waals surface area contributed by atoms with Gasteiger partial charge < -0.3 is 0 Å². The fraction of sp³-hybridized carbons (Fsp3) is 0.562. The monoisotopic (exact) mass is 232 g/mol. The van der Waals surface area contributed by atoms with E-state index in [2.05, 4.69) is 31.2 Å². The lowest BCUT2D eigenvalue weighted by Gasteiger charge is -2.16. The van der Waals surface area contributed by atoms with E-state index in [1.807, 2.05) is 20.8 Å². The van der Waals surface area contributed by atoms with Gasteiger partial charge in [-0.3, -0.25) is 4.79 Å². The molecule has 0 heterocycles. The molecule has 1 nitrogen and oxygen atoms in total. The molecule has 1 heteroatoms. The third-order valence-corrected chi connectivity index (χ3v) is 3.04. The van der Waals surface area contributed by atoms with Gasteiger partial charge >= 0.3 is 0 Å². The van der Waals surface area contributed by atoms with E-state index in [9.17, 15) is 4.79 Å². The molecule has 0 atom stereocenters. The summed E-state index contributed by atoms with van der Waals surface area (Å²) in [5.74, 6) is 0.343. The molecule has 17 heavy (non-hydrogen) atoms. The Morgan fingerprint density at radius 1 is 1.00 bits per heavy atom. The number of benzene rings is 1. The van der Waals surface area contributed by atoms with E-state index < -0.39 is 0 Å². The number of hydrogen-bond acceptors (Lipinski definition) is 1. The summed E-state index contributed by atoms with van der Waals surface area (Å²) in [6, 6.07) is 8.67. The molecule has 0 fully saturated rings. The maximum absolute atomic E-state index is 11.8. The van der Waals surface area contributed by atoms with E-state index in [4.69, 9.17) is 0 Å². The van der Waals surface area contributed by atoms with Crippen molar-refractivity contribution in [3.8, 4) is 0 Å². The highest BCUT2D eigenvalue weighted by Crippen LogP contribution is 2.18. The lowest BCUT2D eigenvalue weighted by Crippen LogP contribution is -2.20. The number of carbonyl (C=O) groups excluding carboxylic acids is 1. The molecule has 0 radical (unpaired) electrons. The third kappa shape index (κ3) is 4.72. The van der Waals surface area contributed by atoms with Gasteiger partial charge in [0.2, 0.25) is 0 Å². The summed E-state index contributed by atoms with van der Waals surface area (Å²) in [6.45, 7) is 8.15. The van der Waals surface area contributed by atoms with Crippen LogP contribution in [0.25, 0.3) is 0 Å². The highest BCUT2D eigenvalue weighted by atomic mass is 16.1. The van der Waals surface area contributed by atoms with Crippen molar-refractivity contribution in [1.29, 1.82) is 0 Å². The smallest absolute Gasteiger partial charge is 0.138 e. The molecule has 1 aromatic rings. The zero-order valence-corrected chi connectivity index (χ0v) is 11.5. The summed E-state index contributed by atoms with van der Waals surface area (Å²) in [5.41, 5.74) is 2.45. The average Bonchev–Trinajstić information content (AvgIpc) is 2.27. The van der Waals surface area contributed by atoms with Crippen molar-refractivity contribution < 1.29 is 4.79 Å². The van der Waals surface area contributed by atoms with Crippen molar-refractivity contribution in [3.05, 3.63) is 35.4 Å². The van der Waals surface area contributed by atoms with E-state index in [-0.39, 0.29) is 5.41 Å². The Morgan fingerprint density at radius 2 is 1.47 bits per heavy atom. The average molecular weight is 232 g/mol. The van der Waals surface area contributed by atoms with E-state index in [0.717, 1.165) is 12.8 Å². The lowest BCUT2D eigenvalue weighted by atomic mass is 9.87. The number of Topliss-reactive ketones (excluding diaryl/α,β-unsaturated/α-hetero) is 1. The van der Waals surface area contributed by atoms with Gasteiger partial charge in [0.1, 0.15) is 5.78 Å². The fourth-order valence-electron chi connectivity index (χ4n) is 1.79. The molecule has 0 spiro atoms. The summed E-state index contributed by atoms with van der Waals surface area (Å²) in [6.07, 6.45) is 3.84. The van der Waals surface area contributed by atoms with Crippen LogP contribution >= 0.6 is 0 Å². The molecule has 0 saturated carbocycles. The first kappa shape index (κ1) is 14.0. The van der Waals surface area contributed by atoms with Crippen molar-refractivity contribution in [1.82, 2.24) is 0 Å². The normalized spacial score (nSPS) is 11.5. The van der Waals surface area contributed by atoms with Crippen LogP contribution in [-0.4, -0.2) is 5.78 Å². The van der Waals surface area contributed by atoms with Crippen molar-refractivity contribution in [2.24, 2.45) is 5.41 Å². The fourth-order valence-corrected chi connectivity index (χ4v) is 1.79. The van der Waals surface area contributed by atoms with Crippen LogP contribution in [0.15, 0.2) is 24.3 Å². The summed E-state index contributed by atoms with van der Waals surface area (Å²) in [4.78, 5) is 11.8. The van der Waals surface area contributed by atoms with Crippen molar-refractivity contribution in [2.75, 3.05) is 0 Å². The number of carbonyl (C=O) groups is 1. The van der Waals surface area contributed by atoms with Gasteiger partial charge in [-0.15, -0.1) is 0 Å². The summed E-state index contributed by atoms with van der Waals surface area (Å²) in [7, 11) is 0. The van der Waals surface area contributed by atoms with Gasteiger partial charge in [-0.25, -0.2) is 0 Å². The molecule has 0 unspecified atom stereocenters. The Hall–Kier alpha value is -1.11. The van der Waals surface area contributed by atoms with E-state index in [1.54, 1.807) is 0 Å². The van der Waals surface area contributed by atoms with Gasteiger partial charge in [-0.2, -0.15) is 0 Å². The van der Waals surface area contributed by atoms with Crippen LogP contribution in [0, 0.1) is 5.41 Å². The minimum atomic E-state index is -0.206. The molecule has 0 N–H and O–H groups in total. The van der Waals surface area contributed by atoms with Gasteiger partial charge in [0.05, 0.1) is 0 Å². The molecular formula is C16H24O. The van der Waals surface area contributed by atoms with Crippen molar-refractivity contribution in [3.63, 3.8) is 0 Å². The maximum Gasteiger partial charge on any atom is 0.138 e. The molecule has 0 bridgehead atoms. The highest BCUT2D eigenvalue weighted by Gasteiger charge is 2.20. The van der Waals surface area contributed by atoms with E-state index >= 15 is 0 Å². The van der Waals surface area contributed by atoms with Crippen LogP contribution in [0.5, 0.6) is 0 Å². The first-order valence-corrected chi connectivity index (χ1v) is 6.54. The molecule has 0 amide bonds. The quantitative estimate of drug-likeness (QED) is 0.744. The van der Waals surface area contributed by atoms with E-state index in [1.165, 1.54) is 17.5 Å². The zero-order valence-electron chi connectivity index (χ0n) is 11.5. The van der Waals surface area contributed by atoms with Crippen LogP contribution in [0.4, 0.5) is 0 Å². The van der Waals surface area contributed by atoms with Crippen LogP contribution in [0.1, 0.15) is 51.7 Å². The number of ketones is 1. The minimum absolute atomic E-state index is 0.206. The van der Waals surface area contributed by atoms with Gasteiger partial charge in [-0.05, 0) is 24.0 Å².